The lowest BCUT2D eigenvalue weighted by molar-refractivity contribution is 0.174. The second kappa shape index (κ2) is 7.89. The molecular formula is C21H22N2O2S. The molecule has 0 unspecified atom stereocenters. The molecule has 1 aliphatic rings. The summed E-state index contributed by atoms with van der Waals surface area (Å²) in [4.78, 5) is 7.21. The Kier molecular flexibility index (Phi) is 5.18. The quantitative estimate of drug-likeness (QED) is 0.617. The number of hydrogen-bond acceptors (Lipinski definition) is 5. The van der Waals surface area contributed by atoms with Crippen molar-refractivity contribution in [3.05, 3.63) is 75.7 Å². The summed E-state index contributed by atoms with van der Waals surface area (Å²) in [5.74, 6) is 1.68. The van der Waals surface area contributed by atoms with Gasteiger partial charge in [-0.2, -0.15) is 0 Å². The molecule has 4 nitrogen and oxygen atoms in total. The van der Waals surface area contributed by atoms with E-state index < -0.39 is 0 Å². The first-order chi connectivity index (χ1) is 12.8. The van der Waals surface area contributed by atoms with E-state index in [9.17, 15) is 0 Å². The summed E-state index contributed by atoms with van der Waals surface area (Å²) in [6.07, 6.45) is 0.903. The topological polar surface area (TPSA) is 34.6 Å². The van der Waals surface area contributed by atoms with E-state index in [0.29, 0.717) is 6.79 Å². The fourth-order valence-corrected chi connectivity index (χ4v) is 3.90. The third-order valence-electron chi connectivity index (χ3n) is 4.47. The molecule has 0 saturated heterocycles. The molecule has 3 aromatic rings. The van der Waals surface area contributed by atoms with E-state index in [0.717, 1.165) is 43.2 Å². The number of nitrogens with zero attached hydrogens (tertiary/aromatic N) is 2. The Morgan fingerprint density at radius 2 is 1.85 bits per heavy atom. The van der Waals surface area contributed by atoms with E-state index in [4.69, 9.17) is 14.5 Å². The molecule has 26 heavy (non-hydrogen) atoms. The summed E-state index contributed by atoms with van der Waals surface area (Å²) in [6, 6.07) is 16.7. The van der Waals surface area contributed by atoms with Crippen molar-refractivity contribution in [2.75, 3.05) is 13.3 Å². The van der Waals surface area contributed by atoms with E-state index in [2.05, 4.69) is 53.6 Å². The minimum atomic E-state index is 0.319. The molecule has 134 valence electrons. The lowest BCUT2D eigenvalue weighted by Gasteiger charge is -2.19. The zero-order chi connectivity index (χ0) is 17.8. The predicted molar refractivity (Wildman–Crippen MR) is 104 cm³/mol. The van der Waals surface area contributed by atoms with Crippen LogP contribution in [0.25, 0.3) is 0 Å². The van der Waals surface area contributed by atoms with Gasteiger partial charge in [0.25, 0.3) is 0 Å². The van der Waals surface area contributed by atoms with Crippen LogP contribution in [0.3, 0.4) is 0 Å². The van der Waals surface area contributed by atoms with E-state index in [1.54, 1.807) is 11.3 Å². The zero-order valence-electron chi connectivity index (χ0n) is 14.9. The number of hydrogen-bond donors (Lipinski definition) is 0. The van der Waals surface area contributed by atoms with Crippen molar-refractivity contribution in [3.63, 3.8) is 0 Å². The molecule has 2 heterocycles. The highest BCUT2D eigenvalue weighted by molar-refractivity contribution is 7.09. The van der Waals surface area contributed by atoms with Gasteiger partial charge in [-0.05, 0) is 29.8 Å². The smallest absolute Gasteiger partial charge is 0.231 e. The Labute approximate surface area is 158 Å². The third-order valence-corrected chi connectivity index (χ3v) is 5.37. The summed E-state index contributed by atoms with van der Waals surface area (Å²) in [5, 5.41) is 3.35. The van der Waals surface area contributed by atoms with Gasteiger partial charge < -0.3 is 9.47 Å². The molecule has 0 atom stereocenters. The maximum atomic E-state index is 5.48. The van der Waals surface area contributed by atoms with Gasteiger partial charge in [0, 0.05) is 24.9 Å². The number of ether oxygens (including phenoxy) is 2. The van der Waals surface area contributed by atoms with Crippen molar-refractivity contribution in [2.45, 2.75) is 26.4 Å². The first-order valence-corrected chi connectivity index (χ1v) is 9.76. The van der Waals surface area contributed by atoms with Gasteiger partial charge >= 0.3 is 0 Å². The molecule has 2 aromatic carbocycles. The molecule has 1 aromatic heterocycles. The van der Waals surface area contributed by atoms with Crippen molar-refractivity contribution in [1.82, 2.24) is 9.88 Å². The predicted octanol–water partition coefficient (Wildman–Crippen LogP) is 4.48. The Morgan fingerprint density at radius 1 is 1.00 bits per heavy atom. The van der Waals surface area contributed by atoms with Crippen LogP contribution in [0.2, 0.25) is 0 Å². The lowest BCUT2D eigenvalue weighted by Crippen LogP contribution is -2.22. The van der Waals surface area contributed by atoms with Crippen molar-refractivity contribution >= 4 is 11.3 Å². The second-order valence-electron chi connectivity index (χ2n) is 6.39. The molecule has 0 amide bonds. The van der Waals surface area contributed by atoms with Crippen LogP contribution in [0.4, 0.5) is 0 Å². The normalized spacial score (nSPS) is 12.7. The first-order valence-electron chi connectivity index (χ1n) is 8.88. The highest BCUT2D eigenvalue weighted by Crippen LogP contribution is 2.32. The molecule has 1 aliphatic heterocycles. The van der Waals surface area contributed by atoms with Crippen molar-refractivity contribution in [3.8, 4) is 11.5 Å². The van der Waals surface area contributed by atoms with E-state index in [1.807, 2.05) is 12.1 Å². The van der Waals surface area contributed by atoms with Crippen molar-refractivity contribution < 1.29 is 9.47 Å². The summed E-state index contributed by atoms with van der Waals surface area (Å²) in [5.41, 5.74) is 3.68. The van der Waals surface area contributed by atoms with Crippen molar-refractivity contribution in [2.24, 2.45) is 0 Å². The van der Waals surface area contributed by atoms with Crippen LogP contribution in [-0.4, -0.2) is 23.2 Å². The van der Waals surface area contributed by atoms with Gasteiger partial charge in [-0.3, -0.25) is 4.90 Å². The van der Waals surface area contributed by atoms with Gasteiger partial charge in [-0.15, -0.1) is 11.3 Å². The molecule has 0 fully saturated rings. The average molecular weight is 366 g/mol. The van der Waals surface area contributed by atoms with Crippen LogP contribution in [0, 0.1) is 0 Å². The Morgan fingerprint density at radius 3 is 2.69 bits per heavy atom. The van der Waals surface area contributed by atoms with Gasteiger partial charge in [0.15, 0.2) is 11.5 Å². The van der Waals surface area contributed by atoms with E-state index in [-0.39, 0.29) is 0 Å². The summed E-state index contributed by atoms with van der Waals surface area (Å²) < 4.78 is 10.9. The Balaban J connectivity index is 1.39. The largest absolute Gasteiger partial charge is 0.454 e. The maximum absolute atomic E-state index is 5.48. The molecule has 0 saturated carbocycles. The average Bonchev–Trinajstić information content (AvgIpc) is 3.31. The zero-order valence-corrected chi connectivity index (χ0v) is 15.7. The van der Waals surface area contributed by atoms with Crippen LogP contribution in [0.15, 0.2) is 53.9 Å². The molecule has 4 rings (SSSR count). The van der Waals surface area contributed by atoms with E-state index in [1.165, 1.54) is 16.1 Å². The molecular weight excluding hydrogens is 344 g/mol. The van der Waals surface area contributed by atoms with E-state index >= 15 is 0 Å². The van der Waals surface area contributed by atoms with Crippen LogP contribution in [0.1, 0.15) is 28.8 Å². The highest BCUT2D eigenvalue weighted by atomic mass is 32.1. The molecule has 0 radical (unpaired) electrons. The first kappa shape index (κ1) is 17.1. The summed E-state index contributed by atoms with van der Waals surface area (Å²) in [7, 11) is 0. The second-order valence-corrected chi connectivity index (χ2v) is 7.33. The van der Waals surface area contributed by atoms with Crippen LogP contribution in [0.5, 0.6) is 11.5 Å². The number of rotatable bonds is 7. The number of thiazole rings is 1. The minimum absolute atomic E-state index is 0.319. The molecule has 0 N–H and O–H groups in total. The summed E-state index contributed by atoms with van der Waals surface area (Å²) in [6.45, 7) is 5.21. The monoisotopic (exact) mass is 366 g/mol. The fourth-order valence-electron chi connectivity index (χ4n) is 3.08. The number of benzene rings is 2. The molecule has 5 heteroatoms. The Hall–Kier alpha value is -2.37. The van der Waals surface area contributed by atoms with Gasteiger partial charge in [-0.25, -0.2) is 4.98 Å². The van der Waals surface area contributed by atoms with Crippen LogP contribution in [-0.2, 0) is 19.5 Å². The van der Waals surface area contributed by atoms with Gasteiger partial charge in [0.2, 0.25) is 6.79 Å². The maximum Gasteiger partial charge on any atom is 0.231 e. The number of aromatic nitrogens is 1. The highest BCUT2D eigenvalue weighted by Gasteiger charge is 2.15. The van der Waals surface area contributed by atoms with Crippen LogP contribution < -0.4 is 9.47 Å². The lowest BCUT2D eigenvalue weighted by atomic mass is 10.2. The molecule has 0 bridgehead atoms. The van der Waals surface area contributed by atoms with Gasteiger partial charge in [0.1, 0.15) is 0 Å². The molecule has 0 spiro atoms. The minimum Gasteiger partial charge on any atom is -0.454 e. The fraction of sp³-hybridized carbons (Fsp3) is 0.286. The van der Waals surface area contributed by atoms with Crippen molar-refractivity contribution in [1.29, 1.82) is 0 Å². The van der Waals surface area contributed by atoms with Gasteiger partial charge in [0.05, 0.1) is 10.7 Å². The standard InChI is InChI=1S/C21H22N2O2S/c1-2-23(12-17-8-9-19-20(10-17)25-15-24-19)13-18-14-26-21(22-18)11-16-6-4-3-5-7-16/h3-10,14H,2,11-13,15H2,1H3. The van der Waals surface area contributed by atoms with Crippen LogP contribution >= 0.6 is 11.3 Å². The SMILES string of the molecule is CCN(Cc1ccc2c(c1)OCO2)Cc1csc(Cc2ccccc2)n1. The number of fused-ring (bicyclic) bond motifs is 1. The Bertz CT molecular complexity index is 863. The summed E-state index contributed by atoms with van der Waals surface area (Å²) >= 11 is 1.75. The molecule has 0 aliphatic carbocycles. The third kappa shape index (κ3) is 4.06. The van der Waals surface area contributed by atoms with Gasteiger partial charge in [-0.1, -0.05) is 43.3 Å².